The molecule has 1 amide bonds. The molecular weight excluding hydrogens is 378 g/mol. The summed E-state index contributed by atoms with van der Waals surface area (Å²) in [5.74, 6) is 1.12. The summed E-state index contributed by atoms with van der Waals surface area (Å²) in [6.07, 6.45) is 3.15. The molecule has 0 unspecified atom stereocenters. The first-order valence-corrected chi connectivity index (χ1v) is 8.93. The summed E-state index contributed by atoms with van der Waals surface area (Å²) in [5, 5.41) is 6.74. The maximum absolute atomic E-state index is 12.5. The van der Waals surface area contributed by atoms with E-state index in [-0.39, 0.29) is 5.91 Å². The van der Waals surface area contributed by atoms with Crippen molar-refractivity contribution in [1.82, 2.24) is 10.3 Å². The Balaban J connectivity index is 1.71. The van der Waals surface area contributed by atoms with Gasteiger partial charge in [0.15, 0.2) is 0 Å². The summed E-state index contributed by atoms with van der Waals surface area (Å²) in [7, 11) is 3.19. The normalized spacial score (nSPS) is 10.2. The van der Waals surface area contributed by atoms with E-state index in [9.17, 15) is 4.79 Å². The van der Waals surface area contributed by atoms with E-state index in [0.717, 1.165) is 5.56 Å². The van der Waals surface area contributed by atoms with Gasteiger partial charge in [-0.3, -0.25) is 9.78 Å². The average Bonchev–Trinajstić information content (AvgIpc) is 2.73. The SMILES string of the molecule is COc1ccc(OC)c(Nc2cncc(C(=O)NCc3ccc(Cl)cc3)c2)c1. The van der Waals surface area contributed by atoms with E-state index < -0.39 is 0 Å². The van der Waals surface area contributed by atoms with Crippen LogP contribution >= 0.6 is 11.6 Å². The lowest BCUT2D eigenvalue weighted by Crippen LogP contribution is -2.23. The summed E-state index contributed by atoms with van der Waals surface area (Å²) < 4.78 is 10.6. The molecule has 0 aliphatic rings. The molecule has 0 saturated carbocycles. The molecule has 3 rings (SSSR count). The van der Waals surface area contributed by atoms with Crippen molar-refractivity contribution < 1.29 is 14.3 Å². The van der Waals surface area contributed by atoms with Gasteiger partial charge in [0.2, 0.25) is 0 Å². The number of anilines is 2. The third kappa shape index (κ3) is 4.92. The molecule has 2 aromatic carbocycles. The number of methoxy groups -OCH3 is 2. The molecule has 144 valence electrons. The van der Waals surface area contributed by atoms with E-state index in [2.05, 4.69) is 15.6 Å². The van der Waals surface area contributed by atoms with Crippen molar-refractivity contribution in [2.75, 3.05) is 19.5 Å². The fourth-order valence-corrected chi connectivity index (χ4v) is 2.71. The van der Waals surface area contributed by atoms with E-state index in [1.807, 2.05) is 24.3 Å². The van der Waals surface area contributed by atoms with E-state index in [4.69, 9.17) is 21.1 Å². The zero-order valence-electron chi connectivity index (χ0n) is 15.5. The topological polar surface area (TPSA) is 72.5 Å². The molecule has 0 aliphatic carbocycles. The Kier molecular flexibility index (Phi) is 6.34. The van der Waals surface area contributed by atoms with Crippen LogP contribution in [-0.2, 0) is 6.54 Å². The van der Waals surface area contributed by atoms with Crippen molar-refractivity contribution in [2.24, 2.45) is 0 Å². The first kappa shape index (κ1) is 19.5. The van der Waals surface area contributed by atoms with E-state index in [0.29, 0.717) is 40.0 Å². The molecule has 0 aliphatic heterocycles. The predicted molar refractivity (Wildman–Crippen MR) is 110 cm³/mol. The Morgan fingerprint density at radius 2 is 1.82 bits per heavy atom. The van der Waals surface area contributed by atoms with Gasteiger partial charge in [0.05, 0.1) is 37.4 Å². The van der Waals surface area contributed by atoms with Crippen LogP contribution < -0.4 is 20.1 Å². The minimum Gasteiger partial charge on any atom is -0.497 e. The Bertz CT molecular complexity index is 961. The number of benzene rings is 2. The quantitative estimate of drug-likeness (QED) is 0.617. The zero-order valence-corrected chi connectivity index (χ0v) is 16.3. The molecule has 0 bridgehead atoms. The lowest BCUT2D eigenvalue weighted by atomic mass is 10.2. The van der Waals surface area contributed by atoms with Gasteiger partial charge in [-0.2, -0.15) is 0 Å². The summed E-state index contributed by atoms with van der Waals surface area (Å²) in [6.45, 7) is 0.400. The van der Waals surface area contributed by atoms with Crippen LogP contribution in [0, 0.1) is 0 Å². The molecule has 0 spiro atoms. The third-order valence-corrected chi connectivity index (χ3v) is 4.30. The summed E-state index contributed by atoms with van der Waals surface area (Å²) in [5.41, 5.74) is 2.77. The number of nitrogens with zero attached hydrogens (tertiary/aromatic N) is 1. The molecule has 7 heteroatoms. The first-order valence-electron chi connectivity index (χ1n) is 8.56. The third-order valence-electron chi connectivity index (χ3n) is 4.05. The van der Waals surface area contributed by atoms with Crippen molar-refractivity contribution >= 4 is 28.9 Å². The van der Waals surface area contributed by atoms with Gasteiger partial charge in [-0.25, -0.2) is 0 Å². The fraction of sp³-hybridized carbons (Fsp3) is 0.143. The number of rotatable bonds is 7. The number of aromatic nitrogens is 1. The summed E-state index contributed by atoms with van der Waals surface area (Å²) >= 11 is 5.88. The number of halogens is 1. The Morgan fingerprint density at radius 3 is 2.54 bits per heavy atom. The van der Waals surface area contributed by atoms with E-state index >= 15 is 0 Å². The highest BCUT2D eigenvalue weighted by molar-refractivity contribution is 6.30. The number of nitrogens with one attached hydrogen (secondary N) is 2. The van der Waals surface area contributed by atoms with Crippen LogP contribution in [0.2, 0.25) is 5.02 Å². The molecule has 3 aromatic rings. The van der Waals surface area contributed by atoms with Crippen molar-refractivity contribution in [3.63, 3.8) is 0 Å². The van der Waals surface area contributed by atoms with Crippen LogP contribution in [-0.4, -0.2) is 25.1 Å². The monoisotopic (exact) mass is 397 g/mol. The van der Waals surface area contributed by atoms with E-state index in [1.165, 1.54) is 6.20 Å². The molecule has 0 atom stereocenters. The maximum atomic E-state index is 12.5. The number of hydrogen-bond acceptors (Lipinski definition) is 5. The minimum absolute atomic E-state index is 0.219. The second-order valence-corrected chi connectivity index (χ2v) is 6.40. The van der Waals surface area contributed by atoms with Crippen LogP contribution in [0.4, 0.5) is 11.4 Å². The number of carbonyl (C=O) groups excluding carboxylic acids is 1. The largest absolute Gasteiger partial charge is 0.497 e. The minimum atomic E-state index is -0.219. The summed E-state index contributed by atoms with van der Waals surface area (Å²) in [6, 6.07) is 14.5. The molecule has 1 aromatic heterocycles. The molecule has 0 saturated heterocycles. The lowest BCUT2D eigenvalue weighted by molar-refractivity contribution is 0.0950. The maximum Gasteiger partial charge on any atom is 0.253 e. The molecule has 6 nitrogen and oxygen atoms in total. The second kappa shape index (κ2) is 9.10. The van der Waals surface area contributed by atoms with E-state index in [1.54, 1.807) is 44.7 Å². The molecular formula is C21H20ClN3O3. The van der Waals surface area contributed by atoms with Crippen molar-refractivity contribution in [3.8, 4) is 11.5 Å². The standard InChI is InChI=1S/C21H20ClN3O3/c1-27-18-7-8-20(28-2)19(10-18)25-17-9-15(12-23-13-17)21(26)24-11-14-3-5-16(22)6-4-14/h3-10,12-13,25H,11H2,1-2H3,(H,24,26). The van der Waals surface area contributed by atoms with Gasteiger partial charge in [0, 0.05) is 23.8 Å². The van der Waals surface area contributed by atoms with Crippen LogP contribution in [0.1, 0.15) is 15.9 Å². The van der Waals surface area contributed by atoms with Crippen molar-refractivity contribution in [2.45, 2.75) is 6.54 Å². The van der Waals surface area contributed by atoms with Gasteiger partial charge in [0.25, 0.3) is 5.91 Å². The Morgan fingerprint density at radius 1 is 1.04 bits per heavy atom. The molecule has 1 heterocycles. The van der Waals surface area contributed by atoms with Crippen LogP contribution in [0.15, 0.2) is 60.9 Å². The smallest absolute Gasteiger partial charge is 0.253 e. The summed E-state index contributed by atoms with van der Waals surface area (Å²) in [4.78, 5) is 16.6. The van der Waals surface area contributed by atoms with Crippen LogP contribution in [0.3, 0.4) is 0 Å². The zero-order chi connectivity index (χ0) is 19.9. The molecule has 0 fully saturated rings. The van der Waals surface area contributed by atoms with Gasteiger partial charge in [-0.05, 0) is 35.9 Å². The highest BCUT2D eigenvalue weighted by Crippen LogP contribution is 2.31. The highest BCUT2D eigenvalue weighted by Gasteiger charge is 2.10. The average molecular weight is 398 g/mol. The molecule has 2 N–H and O–H groups in total. The Labute approximate surface area is 168 Å². The van der Waals surface area contributed by atoms with Gasteiger partial charge >= 0.3 is 0 Å². The molecule has 28 heavy (non-hydrogen) atoms. The van der Waals surface area contributed by atoms with Gasteiger partial charge < -0.3 is 20.1 Å². The first-order chi connectivity index (χ1) is 13.6. The number of hydrogen-bond donors (Lipinski definition) is 2. The fourth-order valence-electron chi connectivity index (χ4n) is 2.59. The number of pyridine rings is 1. The highest BCUT2D eigenvalue weighted by atomic mass is 35.5. The van der Waals surface area contributed by atoms with Crippen LogP contribution in [0.25, 0.3) is 0 Å². The Hall–Kier alpha value is -3.25. The number of carbonyl (C=O) groups is 1. The second-order valence-electron chi connectivity index (χ2n) is 5.96. The predicted octanol–water partition coefficient (Wildman–Crippen LogP) is 4.43. The van der Waals surface area contributed by atoms with Gasteiger partial charge in [0.1, 0.15) is 11.5 Å². The number of ether oxygens (including phenoxy) is 2. The van der Waals surface area contributed by atoms with Crippen molar-refractivity contribution in [1.29, 1.82) is 0 Å². The van der Waals surface area contributed by atoms with Gasteiger partial charge in [-0.1, -0.05) is 23.7 Å². The number of amides is 1. The van der Waals surface area contributed by atoms with Crippen molar-refractivity contribution in [3.05, 3.63) is 77.1 Å². The van der Waals surface area contributed by atoms with Gasteiger partial charge in [-0.15, -0.1) is 0 Å². The van der Waals surface area contributed by atoms with Crippen LogP contribution in [0.5, 0.6) is 11.5 Å². The molecule has 0 radical (unpaired) electrons. The lowest BCUT2D eigenvalue weighted by Gasteiger charge is -2.13.